The third kappa shape index (κ3) is 8.38. The van der Waals surface area contributed by atoms with Gasteiger partial charge in [-0.05, 0) is 47.0 Å². The van der Waals surface area contributed by atoms with Gasteiger partial charge in [-0.2, -0.15) is 0 Å². The summed E-state index contributed by atoms with van der Waals surface area (Å²) in [6, 6.07) is 44.0. The number of aliphatic hydroxyl groups is 1. The number of nitrogens with two attached hydrogens (primary N) is 2. The molecule has 0 unspecified atom stereocenters. The number of aldehydes is 1. The smallest absolute Gasteiger partial charge is 0.150 e. The molecular weight excluding hydrogens is 530 g/mol. The third-order valence-corrected chi connectivity index (χ3v) is 6.59. The Morgan fingerprint density at radius 1 is 0.674 bits per heavy atom. The summed E-state index contributed by atoms with van der Waals surface area (Å²) in [6.45, 7) is 1.93. The molecule has 1 aliphatic heterocycles. The third-order valence-electron chi connectivity index (χ3n) is 6.59. The van der Waals surface area contributed by atoms with Crippen LogP contribution in [-0.2, 0) is 6.42 Å². The standard InChI is InChI=1S/C18H13N.C10H10N2.C7H6O.C2H6O.CH4/c1-2-6-13(7-3-1)17-12-15-10-4-8-14-9-5-11-16(19-17)18(14)15;11-8-5-1-3-7-4-2-6-9(12)10(7)8;8-6-7-4-2-1-3-5-7;1-2-3;/h1-11H,12H2;1-6H,11-12H2;1-6H;3H,2H2,1H3;1H4. The van der Waals surface area contributed by atoms with Gasteiger partial charge >= 0.3 is 0 Å². The Labute approximate surface area is 254 Å². The summed E-state index contributed by atoms with van der Waals surface area (Å²) >= 11 is 0. The van der Waals surface area contributed by atoms with E-state index in [0.717, 1.165) is 51.8 Å². The minimum atomic E-state index is 0. The van der Waals surface area contributed by atoms with Crippen LogP contribution >= 0.6 is 0 Å². The zero-order chi connectivity index (χ0) is 29.7. The number of carbonyl (C=O) groups is 1. The minimum Gasteiger partial charge on any atom is -0.398 e. The van der Waals surface area contributed by atoms with Gasteiger partial charge in [-0.3, -0.25) is 9.79 Å². The van der Waals surface area contributed by atoms with Crippen molar-refractivity contribution < 1.29 is 9.90 Å². The molecule has 0 radical (unpaired) electrons. The van der Waals surface area contributed by atoms with Crippen LogP contribution in [0.3, 0.4) is 0 Å². The average Bonchev–Trinajstić information content (AvgIpc) is 3.03. The van der Waals surface area contributed by atoms with Crippen LogP contribution in [0.25, 0.3) is 21.5 Å². The molecule has 5 N–H and O–H groups in total. The molecule has 6 aromatic rings. The number of aliphatic imine (C=N–C) groups is 1. The van der Waals surface area contributed by atoms with Crippen molar-refractivity contribution in [3.8, 4) is 0 Å². The fourth-order valence-electron chi connectivity index (χ4n) is 4.73. The minimum absolute atomic E-state index is 0. The van der Waals surface area contributed by atoms with Crippen molar-refractivity contribution in [1.82, 2.24) is 0 Å². The monoisotopic (exact) mass is 569 g/mol. The molecule has 0 bridgehead atoms. The summed E-state index contributed by atoms with van der Waals surface area (Å²) in [5.41, 5.74) is 18.6. The number of nitrogens with zero attached hydrogens (tertiary/aromatic N) is 1. The van der Waals surface area contributed by atoms with Crippen LogP contribution in [0.15, 0.2) is 138 Å². The van der Waals surface area contributed by atoms with E-state index in [1.807, 2.05) is 60.7 Å². The van der Waals surface area contributed by atoms with E-state index in [1.165, 1.54) is 21.9 Å². The molecule has 1 heterocycles. The van der Waals surface area contributed by atoms with Crippen molar-refractivity contribution in [2.75, 3.05) is 18.1 Å². The SMILES string of the molecule is C.CCO.Nc1cccc2cccc(N)c12.O=Cc1ccccc1.c1ccc(C2=Nc3cccc4cccc(c34)C2)cc1. The lowest BCUT2D eigenvalue weighted by Crippen LogP contribution is -2.08. The van der Waals surface area contributed by atoms with Gasteiger partial charge in [-0.25, -0.2) is 0 Å². The van der Waals surface area contributed by atoms with Crippen molar-refractivity contribution in [2.45, 2.75) is 20.8 Å². The summed E-state index contributed by atoms with van der Waals surface area (Å²) in [4.78, 5) is 14.9. The van der Waals surface area contributed by atoms with Gasteiger partial charge in [0.1, 0.15) is 6.29 Å². The first kappa shape index (κ1) is 32.3. The summed E-state index contributed by atoms with van der Waals surface area (Å²) in [7, 11) is 0. The second-order valence-corrected chi connectivity index (χ2v) is 9.53. The zero-order valence-electron chi connectivity index (χ0n) is 23.7. The van der Waals surface area contributed by atoms with Crippen molar-refractivity contribution in [3.63, 3.8) is 0 Å². The quantitative estimate of drug-likeness (QED) is 0.143. The molecule has 0 atom stereocenters. The number of rotatable bonds is 2. The number of hydrogen-bond donors (Lipinski definition) is 3. The van der Waals surface area contributed by atoms with E-state index in [-0.39, 0.29) is 14.0 Å². The van der Waals surface area contributed by atoms with Gasteiger partial charge in [0.05, 0.1) is 11.4 Å². The van der Waals surface area contributed by atoms with Crippen LogP contribution < -0.4 is 11.5 Å². The molecule has 1 aliphatic rings. The van der Waals surface area contributed by atoms with Crippen LogP contribution in [0.1, 0.15) is 35.8 Å². The number of hydrogen-bond acceptors (Lipinski definition) is 5. The van der Waals surface area contributed by atoms with E-state index in [2.05, 4.69) is 60.7 Å². The average molecular weight is 570 g/mol. The highest BCUT2D eigenvalue weighted by molar-refractivity contribution is 6.11. The number of aliphatic hydroxyl groups excluding tert-OH is 1. The fourth-order valence-corrected chi connectivity index (χ4v) is 4.73. The Kier molecular flexibility index (Phi) is 12.2. The second-order valence-electron chi connectivity index (χ2n) is 9.53. The summed E-state index contributed by atoms with van der Waals surface area (Å²) in [5.74, 6) is 0. The van der Waals surface area contributed by atoms with Crippen molar-refractivity contribution in [2.24, 2.45) is 4.99 Å². The normalized spacial score (nSPS) is 10.8. The van der Waals surface area contributed by atoms with Crippen LogP contribution in [0.5, 0.6) is 0 Å². The van der Waals surface area contributed by atoms with Crippen molar-refractivity contribution >= 4 is 50.6 Å². The first-order valence-corrected chi connectivity index (χ1v) is 13.8. The van der Waals surface area contributed by atoms with Crippen LogP contribution in [0.2, 0.25) is 0 Å². The Morgan fingerprint density at radius 2 is 1.16 bits per heavy atom. The van der Waals surface area contributed by atoms with Gasteiger partial charge in [0.25, 0.3) is 0 Å². The molecule has 0 aromatic heterocycles. The summed E-state index contributed by atoms with van der Waals surface area (Å²) in [5, 5.41) is 12.2. The van der Waals surface area contributed by atoms with Crippen molar-refractivity contribution in [3.05, 3.63) is 150 Å². The van der Waals surface area contributed by atoms with Gasteiger partial charge in [0.15, 0.2) is 0 Å². The first-order valence-electron chi connectivity index (χ1n) is 13.8. The van der Waals surface area contributed by atoms with E-state index in [1.54, 1.807) is 19.1 Å². The molecule has 218 valence electrons. The fraction of sp³-hybridized carbons (Fsp3) is 0.105. The van der Waals surface area contributed by atoms with Crippen LogP contribution in [0, 0.1) is 0 Å². The first-order chi connectivity index (χ1) is 20.5. The van der Waals surface area contributed by atoms with E-state index < -0.39 is 0 Å². The number of nitrogen functional groups attached to an aromatic ring is 2. The largest absolute Gasteiger partial charge is 0.398 e. The maximum atomic E-state index is 10.0. The predicted octanol–water partition coefficient (Wildman–Crippen LogP) is 8.65. The lowest BCUT2D eigenvalue weighted by Gasteiger charge is -2.17. The van der Waals surface area contributed by atoms with Gasteiger partial charge < -0.3 is 16.6 Å². The molecule has 5 nitrogen and oxygen atoms in total. The van der Waals surface area contributed by atoms with Gasteiger partial charge in [-0.15, -0.1) is 0 Å². The van der Waals surface area contributed by atoms with E-state index in [4.69, 9.17) is 21.6 Å². The molecule has 5 heteroatoms. The van der Waals surface area contributed by atoms with Crippen molar-refractivity contribution in [1.29, 1.82) is 0 Å². The maximum absolute atomic E-state index is 10.0. The predicted molar refractivity (Wildman–Crippen MR) is 184 cm³/mol. The highest BCUT2D eigenvalue weighted by Crippen LogP contribution is 2.34. The molecule has 0 amide bonds. The topological polar surface area (TPSA) is 102 Å². The number of benzene rings is 6. The Morgan fingerprint density at radius 3 is 1.67 bits per heavy atom. The van der Waals surface area contributed by atoms with E-state index in [9.17, 15) is 4.79 Å². The molecule has 0 spiro atoms. The lowest BCUT2D eigenvalue weighted by atomic mass is 9.93. The molecule has 6 aromatic carbocycles. The van der Waals surface area contributed by atoms with E-state index in [0.29, 0.717) is 0 Å². The molecule has 0 fully saturated rings. The number of anilines is 2. The molecular formula is C38H39N3O2. The Hall–Kier alpha value is -5.26. The number of fused-ring (bicyclic) bond motifs is 1. The maximum Gasteiger partial charge on any atom is 0.150 e. The summed E-state index contributed by atoms with van der Waals surface area (Å²) in [6.07, 6.45) is 1.75. The van der Waals surface area contributed by atoms with Gasteiger partial charge in [0, 0.05) is 40.7 Å². The highest BCUT2D eigenvalue weighted by atomic mass is 16.2. The Balaban J connectivity index is 0.000000182. The zero-order valence-corrected chi connectivity index (χ0v) is 23.7. The highest BCUT2D eigenvalue weighted by Gasteiger charge is 2.15. The van der Waals surface area contributed by atoms with E-state index >= 15 is 0 Å². The second kappa shape index (κ2) is 16.2. The molecule has 0 saturated carbocycles. The van der Waals surface area contributed by atoms with Crippen LogP contribution in [-0.4, -0.2) is 23.7 Å². The summed E-state index contributed by atoms with van der Waals surface area (Å²) < 4.78 is 0. The molecule has 0 saturated heterocycles. The van der Waals surface area contributed by atoms with Gasteiger partial charge in [0.2, 0.25) is 0 Å². The molecule has 0 aliphatic carbocycles. The van der Waals surface area contributed by atoms with Gasteiger partial charge in [-0.1, -0.05) is 123 Å². The lowest BCUT2D eigenvalue weighted by molar-refractivity contribution is 0.112. The van der Waals surface area contributed by atoms with Crippen LogP contribution in [0.4, 0.5) is 17.1 Å². The molecule has 43 heavy (non-hydrogen) atoms. The molecule has 7 rings (SSSR count). The number of carbonyl (C=O) groups excluding carboxylic acids is 1. The Bertz CT molecular complexity index is 1740.